The summed E-state index contributed by atoms with van der Waals surface area (Å²) < 4.78 is 30.9. The molecule has 0 aliphatic carbocycles. The molecule has 0 saturated carbocycles. The third-order valence-electron chi connectivity index (χ3n) is 14.1. The number of rotatable bonds is 3. The van der Waals surface area contributed by atoms with Crippen molar-refractivity contribution in [1.82, 2.24) is 9.13 Å². The fraction of sp³-hybridized carbons (Fsp3) is 0. The van der Waals surface area contributed by atoms with Crippen LogP contribution in [0.3, 0.4) is 0 Å². The smallest absolute Gasteiger partial charge is 0.136 e. The zero-order chi connectivity index (χ0) is 42.8. The number of benzene rings is 10. The van der Waals surface area contributed by atoms with Crippen LogP contribution in [-0.4, -0.2) is 9.13 Å². The van der Waals surface area contributed by atoms with Gasteiger partial charge in [0, 0.05) is 76.0 Å². The Morgan fingerprint density at radius 1 is 0.212 bits per heavy atom. The minimum Gasteiger partial charge on any atom is -0.456 e. The van der Waals surface area contributed by atoms with E-state index in [2.05, 4.69) is 203 Å². The van der Waals surface area contributed by atoms with E-state index in [0.717, 1.165) is 110 Å². The quantitative estimate of drug-likeness (QED) is 0.178. The minimum absolute atomic E-state index is 0.827. The lowest BCUT2D eigenvalue weighted by Crippen LogP contribution is -1.93. The van der Waals surface area contributed by atoms with Crippen molar-refractivity contribution < 1.29 is 17.7 Å². The van der Waals surface area contributed by atoms with Gasteiger partial charge in [0.1, 0.15) is 44.7 Å². The molecule has 0 spiro atoms. The number of hydrogen-bond acceptors (Lipinski definition) is 4. The molecular weight excluding hydrogens is 813 g/mol. The van der Waals surface area contributed by atoms with E-state index >= 15 is 0 Å². The van der Waals surface area contributed by atoms with Crippen LogP contribution in [0.4, 0.5) is 0 Å². The average molecular weight is 845 g/mol. The Bertz CT molecular complexity index is 4360. The lowest BCUT2D eigenvalue weighted by atomic mass is 10.00. The molecule has 0 saturated heterocycles. The van der Waals surface area contributed by atoms with Gasteiger partial charge in [-0.15, -0.1) is 0 Å². The van der Waals surface area contributed by atoms with Gasteiger partial charge in [0.15, 0.2) is 0 Å². The zero-order valence-corrected chi connectivity index (χ0v) is 35.0. The molecule has 16 rings (SSSR count). The van der Waals surface area contributed by atoms with E-state index in [1.807, 2.05) is 0 Å². The molecule has 0 N–H and O–H groups in total. The first-order valence-corrected chi connectivity index (χ1v) is 22.3. The maximum absolute atomic E-state index is 6.56. The van der Waals surface area contributed by atoms with E-state index in [1.54, 1.807) is 0 Å². The summed E-state index contributed by atoms with van der Waals surface area (Å²) in [4.78, 5) is 0. The number of fused-ring (bicyclic) bond motifs is 18. The second-order valence-corrected chi connectivity index (χ2v) is 17.6. The molecule has 16 aromatic rings. The number of furan rings is 4. The predicted molar refractivity (Wildman–Crippen MR) is 270 cm³/mol. The van der Waals surface area contributed by atoms with Gasteiger partial charge in [-0.2, -0.15) is 0 Å². The van der Waals surface area contributed by atoms with Crippen LogP contribution >= 0.6 is 0 Å². The van der Waals surface area contributed by atoms with E-state index in [9.17, 15) is 0 Å². The topological polar surface area (TPSA) is 62.4 Å². The Morgan fingerprint density at radius 2 is 0.485 bits per heavy atom. The highest BCUT2D eigenvalue weighted by Gasteiger charge is 2.20. The Balaban J connectivity index is 0.796. The molecule has 0 atom stereocenters. The van der Waals surface area contributed by atoms with Crippen LogP contribution in [0.15, 0.2) is 212 Å². The molecule has 66 heavy (non-hydrogen) atoms. The lowest BCUT2D eigenvalue weighted by molar-refractivity contribution is 0.664. The molecule has 10 aromatic carbocycles. The minimum atomic E-state index is 0.827. The van der Waals surface area contributed by atoms with Crippen molar-refractivity contribution in [2.75, 3.05) is 0 Å². The van der Waals surface area contributed by atoms with E-state index in [1.165, 1.54) is 43.6 Å². The molecule has 0 fully saturated rings. The summed E-state index contributed by atoms with van der Waals surface area (Å²) in [6.45, 7) is 0. The number of aromatic nitrogens is 2. The Labute approximate surface area is 373 Å². The maximum Gasteiger partial charge on any atom is 0.136 e. The van der Waals surface area contributed by atoms with Gasteiger partial charge in [-0.05, 0) is 120 Å². The molecule has 6 nitrogen and oxygen atoms in total. The van der Waals surface area contributed by atoms with E-state index in [0.29, 0.717) is 0 Å². The van der Waals surface area contributed by atoms with Crippen LogP contribution in [0.1, 0.15) is 0 Å². The summed E-state index contributed by atoms with van der Waals surface area (Å²) in [6.07, 6.45) is 0. The zero-order valence-electron chi connectivity index (χ0n) is 35.0. The van der Waals surface area contributed by atoms with Crippen molar-refractivity contribution in [3.63, 3.8) is 0 Å². The van der Waals surface area contributed by atoms with Gasteiger partial charge in [0.25, 0.3) is 0 Å². The highest BCUT2D eigenvalue weighted by molar-refractivity contribution is 6.18. The summed E-state index contributed by atoms with van der Waals surface area (Å²) in [5.41, 5.74) is 15.7. The lowest BCUT2D eigenvalue weighted by Gasteiger charge is -2.07. The largest absolute Gasteiger partial charge is 0.456 e. The van der Waals surface area contributed by atoms with E-state index in [4.69, 9.17) is 17.7 Å². The molecule has 0 bridgehead atoms. The molecule has 6 aromatic heterocycles. The SMILES string of the molecule is c1ccc2c(c1)c1ccccc1n2-c1ccc2oc3cc4c(cc3c2c1)oc1ccc(-c2ccc3oc5cc6c(cc5c3c2)oc2ccc(-n3c5ccccc5c5ccccc53)cc26)cc14. The first kappa shape index (κ1) is 34.5. The molecule has 0 aliphatic heterocycles. The van der Waals surface area contributed by atoms with Crippen molar-refractivity contribution in [2.45, 2.75) is 0 Å². The summed E-state index contributed by atoms with van der Waals surface area (Å²) in [6, 6.07) is 68.8. The number of hydrogen-bond donors (Lipinski definition) is 0. The van der Waals surface area contributed by atoms with Crippen molar-refractivity contribution in [3.8, 4) is 22.5 Å². The van der Waals surface area contributed by atoms with Crippen LogP contribution in [0.2, 0.25) is 0 Å². The molecule has 0 radical (unpaired) electrons. The van der Waals surface area contributed by atoms with Crippen LogP contribution in [0.5, 0.6) is 0 Å². The van der Waals surface area contributed by atoms with Gasteiger partial charge in [-0.25, -0.2) is 0 Å². The van der Waals surface area contributed by atoms with Gasteiger partial charge in [0.2, 0.25) is 0 Å². The molecule has 0 amide bonds. The van der Waals surface area contributed by atoms with E-state index in [-0.39, 0.29) is 0 Å². The molecule has 0 unspecified atom stereocenters. The fourth-order valence-electron chi connectivity index (χ4n) is 11.1. The summed E-state index contributed by atoms with van der Waals surface area (Å²) >= 11 is 0. The molecule has 0 aliphatic rings. The van der Waals surface area contributed by atoms with Gasteiger partial charge in [-0.1, -0.05) is 84.9 Å². The Kier molecular flexibility index (Phi) is 6.47. The van der Waals surface area contributed by atoms with Crippen molar-refractivity contribution >= 4 is 131 Å². The second-order valence-electron chi connectivity index (χ2n) is 17.6. The third kappa shape index (κ3) is 4.59. The molecular formula is C60H32N2O4. The summed E-state index contributed by atoms with van der Waals surface area (Å²) in [5, 5.41) is 13.2. The Morgan fingerprint density at radius 3 is 0.818 bits per heavy atom. The summed E-state index contributed by atoms with van der Waals surface area (Å²) in [5.74, 6) is 0. The van der Waals surface area contributed by atoms with Crippen molar-refractivity contribution in [1.29, 1.82) is 0 Å². The summed E-state index contributed by atoms with van der Waals surface area (Å²) in [7, 11) is 0. The van der Waals surface area contributed by atoms with Crippen LogP contribution < -0.4 is 0 Å². The maximum atomic E-state index is 6.56. The monoisotopic (exact) mass is 844 g/mol. The first-order chi connectivity index (χ1) is 32.7. The fourth-order valence-corrected chi connectivity index (χ4v) is 11.1. The highest BCUT2D eigenvalue weighted by atomic mass is 16.3. The van der Waals surface area contributed by atoms with Crippen molar-refractivity contribution in [3.05, 3.63) is 194 Å². The van der Waals surface area contributed by atoms with Gasteiger partial charge >= 0.3 is 0 Å². The average Bonchev–Trinajstić information content (AvgIpc) is 4.21. The highest BCUT2D eigenvalue weighted by Crippen LogP contribution is 2.43. The van der Waals surface area contributed by atoms with Gasteiger partial charge in [0.05, 0.1) is 22.1 Å². The standard InChI is InChI=1S/C60H32N2O4/c1-5-13-49-37(9-1)38-10-2-6-14-50(38)61(49)35-19-23-55-43(27-35)47-31-57-45(29-59(47)65-55)41-25-33(17-21-53(41)63-57)34-18-22-54-42(26-34)46-30-60-48(32-58(46)64-54)44-28-36(20-24-56(44)66-60)62-51-15-7-3-11-39(51)40-12-4-8-16-52(40)62/h1-32H. The van der Waals surface area contributed by atoms with Crippen LogP contribution in [-0.2, 0) is 0 Å². The molecule has 6 heterocycles. The Hall–Kier alpha value is -9.00. The molecule has 306 valence electrons. The number of para-hydroxylation sites is 4. The second kappa shape index (κ2) is 12.4. The molecule has 6 heteroatoms. The van der Waals surface area contributed by atoms with E-state index < -0.39 is 0 Å². The van der Waals surface area contributed by atoms with Gasteiger partial charge in [-0.3, -0.25) is 0 Å². The first-order valence-electron chi connectivity index (χ1n) is 22.3. The van der Waals surface area contributed by atoms with Crippen molar-refractivity contribution in [2.24, 2.45) is 0 Å². The normalized spacial score (nSPS) is 12.5. The van der Waals surface area contributed by atoms with Crippen LogP contribution in [0.25, 0.3) is 154 Å². The predicted octanol–water partition coefficient (Wildman–Crippen LogP) is 17.1. The number of nitrogens with zero attached hydrogens (tertiary/aromatic N) is 2. The third-order valence-corrected chi connectivity index (χ3v) is 14.1. The van der Waals surface area contributed by atoms with Gasteiger partial charge < -0.3 is 26.8 Å². The van der Waals surface area contributed by atoms with Crippen LogP contribution in [0, 0.1) is 0 Å².